The van der Waals surface area contributed by atoms with E-state index in [1.807, 2.05) is 18.0 Å². The Kier molecular flexibility index (Phi) is 6.55. The fourth-order valence-corrected chi connectivity index (χ4v) is 4.44. The third-order valence-electron chi connectivity index (χ3n) is 6.27. The van der Waals surface area contributed by atoms with Crippen molar-refractivity contribution in [1.82, 2.24) is 19.7 Å². The van der Waals surface area contributed by atoms with Crippen LogP contribution in [-0.4, -0.2) is 70.6 Å². The molecule has 0 saturated carbocycles. The van der Waals surface area contributed by atoms with Crippen molar-refractivity contribution in [3.63, 3.8) is 0 Å². The molecule has 172 valence electrons. The van der Waals surface area contributed by atoms with Crippen LogP contribution in [0.15, 0.2) is 54.4 Å². The number of benzene rings is 1. The Morgan fingerprint density at radius 2 is 1.79 bits per heavy atom. The van der Waals surface area contributed by atoms with Crippen LogP contribution in [0.1, 0.15) is 31.0 Å². The zero-order valence-corrected chi connectivity index (χ0v) is 19.2. The summed E-state index contributed by atoms with van der Waals surface area (Å²) in [6.45, 7) is 3.46. The molecular formula is C25H29N5O3. The van der Waals surface area contributed by atoms with E-state index in [0.717, 1.165) is 25.9 Å². The molecule has 3 heterocycles. The van der Waals surface area contributed by atoms with Crippen molar-refractivity contribution in [3.8, 4) is 0 Å². The molecule has 1 saturated heterocycles. The first-order chi connectivity index (χ1) is 15.8. The third-order valence-corrected chi connectivity index (χ3v) is 6.27. The van der Waals surface area contributed by atoms with Crippen LogP contribution in [0.2, 0.25) is 0 Å². The van der Waals surface area contributed by atoms with E-state index < -0.39 is 0 Å². The van der Waals surface area contributed by atoms with Crippen LogP contribution in [0.3, 0.4) is 0 Å². The summed E-state index contributed by atoms with van der Waals surface area (Å²) in [6, 6.07) is 12.7. The summed E-state index contributed by atoms with van der Waals surface area (Å²) in [6.07, 6.45) is 3.50. The minimum Gasteiger partial charge on any atom is -0.366 e. The summed E-state index contributed by atoms with van der Waals surface area (Å²) in [5, 5.41) is 2.73. The maximum absolute atomic E-state index is 13.6. The highest BCUT2D eigenvalue weighted by Gasteiger charge is 2.42. The molecule has 0 spiro atoms. The van der Waals surface area contributed by atoms with E-state index in [-0.39, 0.29) is 30.3 Å². The van der Waals surface area contributed by atoms with Gasteiger partial charge in [0.05, 0.1) is 17.8 Å². The average molecular weight is 448 g/mol. The van der Waals surface area contributed by atoms with Crippen LogP contribution in [0.5, 0.6) is 0 Å². The molecule has 3 amide bonds. The quantitative estimate of drug-likeness (QED) is 0.685. The number of hydrogen-bond acceptors (Lipinski definition) is 6. The van der Waals surface area contributed by atoms with Gasteiger partial charge in [0.1, 0.15) is 5.70 Å². The monoisotopic (exact) mass is 447 g/mol. The predicted octanol–water partition coefficient (Wildman–Crippen LogP) is 2.35. The molecule has 0 bridgehead atoms. The minimum absolute atomic E-state index is 0.122. The number of likely N-dealkylation sites (tertiary alicyclic amines) is 1. The summed E-state index contributed by atoms with van der Waals surface area (Å²) in [4.78, 5) is 48.3. The number of nitrogens with zero attached hydrogens (tertiary/aromatic N) is 4. The van der Waals surface area contributed by atoms with Gasteiger partial charge < -0.3 is 15.1 Å². The summed E-state index contributed by atoms with van der Waals surface area (Å²) >= 11 is 0. The maximum atomic E-state index is 13.6. The molecule has 1 fully saturated rings. The van der Waals surface area contributed by atoms with Crippen LogP contribution >= 0.6 is 0 Å². The summed E-state index contributed by atoms with van der Waals surface area (Å²) in [7, 11) is 4.00. The second kappa shape index (κ2) is 9.54. The van der Waals surface area contributed by atoms with Crippen molar-refractivity contribution in [3.05, 3.63) is 65.6 Å². The summed E-state index contributed by atoms with van der Waals surface area (Å²) in [5.41, 5.74) is 2.77. The molecule has 2 aliphatic heterocycles. The molecule has 0 aliphatic carbocycles. The van der Waals surface area contributed by atoms with Crippen LogP contribution in [0, 0.1) is 0 Å². The molecule has 2 aromatic rings. The number of hydrogen-bond donors (Lipinski definition) is 1. The van der Waals surface area contributed by atoms with Gasteiger partial charge in [-0.15, -0.1) is 0 Å². The van der Waals surface area contributed by atoms with Crippen LogP contribution in [0.4, 0.5) is 5.69 Å². The van der Waals surface area contributed by atoms with E-state index in [0.29, 0.717) is 28.2 Å². The van der Waals surface area contributed by atoms with Gasteiger partial charge in [0.25, 0.3) is 11.8 Å². The molecule has 1 aromatic carbocycles. The molecule has 2 aliphatic rings. The van der Waals surface area contributed by atoms with Crippen LogP contribution in [0.25, 0.3) is 5.57 Å². The first-order valence-corrected chi connectivity index (χ1v) is 11.1. The van der Waals surface area contributed by atoms with E-state index in [1.54, 1.807) is 42.6 Å². The number of nitrogens with one attached hydrogen (secondary N) is 1. The number of anilines is 1. The van der Waals surface area contributed by atoms with Gasteiger partial charge in [-0.3, -0.25) is 24.3 Å². The van der Waals surface area contributed by atoms with Gasteiger partial charge in [-0.25, -0.2) is 0 Å². The van der Waals surface area contributed by atoms with Gasteiger partial charge in [0.15, 0.2) is 0 Å². The fourth-order valence-electron chi connectivity index (χ4n) is 4.44. The minimum atomic E-state index is -0.326. The van der Waals surface area contributed by atoms with Gasteiger partial charge in [-0.05, 0) is 62.8 Å². The van der Waals surface area contributed by atoms with Gasteiger partial charge in [-0.1, -0.05) is 18.2 Å². The van der Waals surface area contributed by atoms with E-state index in [4.69, 9.17) is 0 Å². The van der Waals surface area contributed by atoms with Crippen molar-refractivity contribution in [2.24, 2.45) is 0 Å². The zero-order valence-electron chi connectivity index (χ0n) is 19.2. The van der Waals surface area contributed by atoms with Gasteiger partial charge >= 0.3 is 0 Å². The highest BCUT2D eigenvalue weighted by Crippen LogP contribution is 2.34. The Balaban J connectivity index is 1.70. The number of piperidine rings is 1. The molecule has 33 heavy (non-hydrogen) atoms. The Morgan fingerprint density at radius 3 is 2.39 bits per heavy atom. The van der Waals surface area contributed by atoms with Crippen LogP contribution < -0.4 is 5.32 Å². The number of carbonyl (C=O) groups is 3. The molecule has 0 radical (unpaired) electrons. The third kappa shape index (κ3) is 4.80. The number of aromatic nitrogens is 1. The molecule has 4 rings (SSSR count). The van der Waals surface area contributed by atoms with Crippen molar-refractivity contribution in [2.45, 2.75) is 32.4 Å². The largest absolute Gasteiger partial charge is 0.366 e. The standard InChI is InChI=1S/C25H29N5O3/c1-17(31)27-19-9-7-18(8-10-19)22-23(29(3)21-11-14-28(2)15-12-21)25(33)30(24(22)32)16-20-6-4-5-13-26-20/h4-10,13,21H,11-12,14-16H2,1-3H3,(H,27,31). The predicted molar refractivity (Wildman–Crippen MR) is 126 cm³/mol. The molecule has 0 unspecified atom stereocenters. The second-order valence-electron chi connectivity index (χ2n) is 8.65. The Hall–Kier alpha value is -3.52. The summed E-state index contributed by atoms with van der Waals surface area (Å²) < 4.78 is 0. The Morgan fingerprint density at radius 1 is 1.09 bits per heavy atom. The maximum Gasteiger partial charge on any atom is 0.278 e. The number of amides is 3. The average Bonchev–Trinajstić information content (AvgIpc) is 3.05. The molecular weight excluding hydrogens is 418 g/mol. The topological polar surface area (TPSA) is 85.8 Å². The number of pyridine rings is 1. The van der Waals surface area contributed by atoms with Crippen molar-refractivity contribution in [1.29, 1.82) is 0 Å². The van der Waals surface area contributed by atoms with E-state index in [1.165, 1.54) is 11.8 Å². The van der Waals surface area contributed by atoms with Crippen molar-refractivity contribution >= 4 is 29.0 Å². The van der Waals surface area contributed by atoms with Crippen LogP contribution in [-0.2, 0) is 20.9 Å². The van der Waals surface area contributed by atoms with Gasteiger partial charge in [0.2, 0.25) is 5.91 Å². The van der Waals surface area contributed by atoms with Crippen molar-refractivity contribution < 1.29 is 14.4 Å². The lowest BCUT2D eigenvalue weighted by atomic mass is 10.00. The first kappa shape index (κ1) is 22.7. The molecule has 1 N–H and O–H groups in total. The lowest BCUT2D eigenvalue weighted by molar-refractivity contribution is -0.138. The lowest BCUT2D eigenvalue weighted by Crippen LogP contribution is -2.43. The zero-order chi connectivity index (χ0) is 23.5. The molecule has 0 atom stereocenters. The van der Waals surface area contributed by atoms with E-state index in [9.17, 15) is 14.4 Å². The molecule has 8 nitrogen and oxygen atoms in total. The highest BCUT2D eigenvalue weighted by molar-refractivity contribution is 6.35. The second-order valence-corrected chi connectivity index (χ2v) is 8.65. The Bertz CT molecular complexity index is 1070. The number of imide groups is 1. The normalized spacial score (nSPS) is 17.6. The van der Waals surface area contributed by atoms with Gasteiger partial charge in [0, 0.05) is 31.9 Å². The number of carbonyl (C=O) groups excluding carboxylic acids is 3. The number of likely N-dealkylation sites (N-methyl/N-ethyl adjacent to an activating group) is 1. The highest BCUT2D eigenvalue weighted by atomic mass is 16.2. The lowest BCUT2D eigenvalue weighted by Gasteiger charge is -2.36. The SMILES string of the molecule is CC(=O)Nc1ccc(C2=C(N(C)C3CCN(C)CC3)C(=O)N(Cc3ccccn3)C2=O)cc1. The fraction of sp³-hybridized carbons (Fsp3) is 0.360. The van der Waals surface area contributed by atoms with Gasteiger partial charge in [-0.2, -0.15) is 0 Å². The Labute approximate surface area is 193 Å². The first-order valence-electron chi connectivity index (χ1n) is 11.1. The smallest absolute Gasteiger partial charge is 0.278 e. The van der Waals surface area contributed by atoms with Crippen molar-refractivity contribution in [2.75, 3.05) is 32.5 Å². The summed E-state index contributed by atoms with van der Waals surface area (Å²) in [5.74, 6) is -0.793. The molecule has 8 heteroatoms. The molecule has 1 aromatic heterocycles. The van der Waals surface area contributed by atoms with E-state index >= 15 is 0 Å². The number of rotatable bonds is 6. The van der Waals surface area contributed by atoms with E-state index in [2.05, 4.69) is 22.2 Å².